The van der Waals surface area contributed by atoms with Crippen LogP contribution in [-0.2, 0) is 20.7 Å². The number of aliphatic hydroxyl groups is 1. The lowest BCUT2D eigenvalue weighted by molar-refractivity contribution is -0.171. The molecule has 0 saturated heterocycles. The monoisotopic (exact) mass is 396 g/mol. The summed E-state index contributed by atoms with van der Waals surface area (Å²) >= 11 is 0. The maximum absolute atomic E-state index is 11.8. The molecule has 1 aromatic carbocycles. The Labute approximate surface area is 171 Å². The number of aliphatic hydroxyl groups excluding tert-OH is 1. The van der Waals surface area contributed by atoms with Gasteiger partial charge in [0.15, 0.2) is 5.60 Å². The zero-order valence-corrected chi connectivity index (χ0v) is 17.2. The molecule has 3 aliphatic carbocycles. The number of aryl methyl sites for hydroxylation is 1. The van der Waals surface area contributed by atoms with Crippen LogP contribution in [0.3, 0.4) is 0 Å². The van der Waals surface area contributed by atoms with Crippen LogP contribution in [0, 0.1) is 29.6 Å². The van der Waals surface area contributed by atoms with Crippen LogP contribution < -0.4 is 4.74 Å². The summed E-state index contributed by atoms with van der Waals surface area (Å²) in [6, 6.07) is 5.72. The van der Waals surface area contributed by atoms with Crippen molar-refractivity contribution in [3.05, 3.63) is 29.3 Å². The highest BCUT2D eigenvalue weighted by Gasteiger charge is 2.65. The Bertz CT molecular complexity index is 899. The number of carbonyl (C=O) groups is 2. The van der Waals surface area contributed by atoms with Gasteiger partial charge in [-0.15, -0.1) is 6.42 Å². The Kier molecular flexibility index (Phi) is 4.74. The van der Waals surface area contributed by atoms with Crippen LogP contribution in [0.2, 0.25) is 0 Å². The van der Waals surface area contributed by atoms with Gasteiger partial charge >= 0.3 is 11.9 Å². The molecule has 2 saturated carbocycles. The summed E-state index contributed by atoms with van der Waals surface area (Å²) < 4.78 is 11.0. The number of rotatable bonds is 2. The van der Waals surface area contributed by atoms with Crippen LogP contribution in [0.15, 0.2) is 18.2 Å². The van der Waals surface area contributed by atoms with Crippen molar-refractivity contribution in [2.75, 3.05) is 0 Å². The summed E-state index contributed by atoms with van der Waals surface area (Å²) in [7, 11) is 0. The van der Waals surface area contributed by atoms with E-state index >= 15 is 0 Å². The molecule has 5 nitrogen and oxygen atoms in total. The standard InChI is InChI=1S/C24H28O5/c1-5-24(29-15(3)26)11-10-20-19-8-6-16-12-17(28-14(2)25)7-9-18(16)22(19)21(27)13-23(20,24)4/h1,7,9,12,19-22,27H,6,8,10-11,13H2,2-4H3/t19-,20+,21+,22-,23-,24-/m0/s1. The molecule has 0 bridgehead atoms. The van der Waals surface area contributed by atoms with Gasteiger partial charge in [-0.2, -0.15) is 0 Å². The number of esters is 2. The van der Waals surface area contributed by atoms with Gasteiger partial charge in [0, 0.05) is 25.2 Å². The summed E-state index contributed by atoms with van der Waals surface area (Å²) in [4.78, 5) is 23.1. The predicted molar refractivity (Wildman–Crippen MR) is 107 cm³/mol. The van der Waals surface area contributed by atoms with Crippen LogP contribution >= 0.6 is 0 Å². The first kappa shape index (κ1) is 20.0. The molecule has 0 radical (unpaired) electrons. The number of hydrogen-bond acceptors (Lipinski definition) is 5. The van der Waals surface area contributed by atoms with E-state index in [1.54, 1.807) is 0 Å². The van der Waals surface area contributed by atoms with E-state index in [9.17, 15) is 14.7 Å². The fourth-order valence-corrected chi connectivity index (χ4v) is 6.54. The molecule has 29 heavy (non-hydrogen) atoms. The van der Waals surface area contributed by atoms with Gasteiger partial charge in [-0.25, -0.2) is 0 Å². The van der Waals surface area contributed by atoms with Crippen molar-refractivity contribution in [1.82, 2.24) is 0 Å². The SMILES string of the molecule is C#C[C@]1(OC(C)=O)CC[C@@H]2[C@@H]3CCc4cc(OC(C)=O)ccc4[C@@H]3[C@H](O)C[C@@]21C. The minimum absolute atomic E-state index is 0.0223. The Morgan fingerprint density at radius 1 is 1.24 bits per heavy atom. The molecule has 2 fully saturated rings. The molecule has 0 aliphatic heterocycles. The molecule has 6 atom stereocenters. The molecule has 0 unspecified atom stereocenters. The fourth-order valence-electron chi connectivity index (χ4n) is 6.54. The van der Waals surface area contributed by atoms with Gasteiger partial charge in [0.2, 0.25) is 0 Å². The number of carbonyl (C=O) groups excluding carboxylic acids is 2. The highest BCUT2D eigenvalue weighted by atomic mass is 16.6. The highest BCUT2D eigenvalue weighted by molar-refractivity contribution is 5.69. The van der Waals surface area contributed by atoms with E-state index in [0.717, 1.165) is 30.4 Å². The third kappa shape index (κ3) is 2.97. The average molecular weight is 396 g/mol. The molecule has 0 aromatic heterocycles. The second-order valence-electron chi connectivity index (χ2n) is 9.08. The molecule has 0 spiro atoms. The number of ether oxygens (including phenoxy) is 2. The van der Waals surface area contributed by atoms with Gasteiger partial charge in [0.25, 0.3) is 0 Å². The van der Waals surface area contributed by atoms with Gasteiger partial charge in [-0.3, -0.25) is 9.59 Å². The molecule has 1 aromatic rings. The Balaban J connectivity index is 1.69. The Morgan fingerprint density at radius 2 is 2.00 bits per heavy atom. The minimum Gasteiger partial charge on any atom is -0.445 e. The summed E-state index contributed by atoms with van der Waals surface area (Å²) in [5.74, 6) is 3.24. The first-order chi connectivity index (χ1) is 13.7. The van der Waals surface area contributed by atoms with Crippen LogP contribution in [0.1, 0.15) is 63.5 Å². The van der Waals surface area contributed by atoms with E-state index < -0.39 is 17.1 Å². The quantitative estimate of drug-likeness (QED) is 0.471. The van der Waals surface area contributed by atoms with Crippen LogP contribution in [0.5, 0.6) is 5.75 Å². The number of fused-ring (bicyclic) bond motifs is 5. The number of benzene rings is 1. The molecule has 0 heterocycles. The second-order valence-corrected chi connectivity index (χ2v) is 9.08. The smallest absolute Gasteiger partial charge is 0.308 e. The van der Waals surface area contributed by atoms with E-state index in [2.05, 4.69) is 12.8 Å². The lowest BCUT2D eigenvalue weighted by Gasteiger charge is -2.54. The third-order valence-corrected chi connectivity index (χ3v) is 7.61. The number of terminal acetylenes is 1. The Hall–Kier alpha value is -2.32. The average Bonchev–Trinajstić information content (AvgIpc) is 2.92. The maximum Gasteiger partial charge on any atom is 0.308 e. The molecule has 154 valence electrons. The first-order valence-corrected chi connectivity index (χ1v) is 10.4. The molecule has 0 amide bonds. The Morgan fingerprint density at radius 3 is 2.66 bits per heavy atom. The van der Waals surface area contributed by atoms with E-state index in [1.807, 2.05) is 18.2 Å². The summed E-state index contributed by atoms with van der Waals surface area (Å²) in [6.45, 7) is 4.88. The first-order valence-electron chi connectivity index (χ1n) is 10.4. The molecule has 3 aliphatic rings. The van der Waals surface area contributed by atoms with Crippen molar-refractivity contribution < 1.29 is 24.2 Å². The zero-order chi connectivity index (χ0) is 21.0. The van der Waals surface area contributed by atoms with Gasteiger partial charge in [-0.1, -0.05) is 18.9 Å². The van der Waals surface area contributed by atoms with Crippen molar-refractivity contribution in [3.63, 3.8) is 0 Å². The lowest BCUT2D eigenvalue weighted by Crippen LogP contribution is -2.55. The molecule has 1 N–H and O–H groups in total. The summed E-state index contributed by atoms with van der Waals surface area (Å²) in [5, 5.41) is 11.2. The van der Waals surface area contributed by atoms with Gasteiger partial charge in [0.05, 0.1) is 6.10 Å². The zero-order valence-electron chi connectivity index (χ0n) is 17.2. The summed E-state index contributed by atoms with van der Waals surface area (Å²) in [6.07, 6.45) is 9.16. The van der Waals surface area contributed by atoms with E-state index in [4.69, 9.17) is 15.9 Å². The maximum atomic E-state index is 11.8. The fraction of sp³-hybridized carbons (Fsp3) is 0.583. The van der Waals surface area contributed by atoms with E-state index in [0.29, 0.717) is 18.6 Å². The van der Waals surface area contributed by atoms with Gasteiger partial charge in [0.1, 0.15) is 5.75 Å². The second kappa shape index (κ2) is 6.88. The number of hydrogen-bond donors (Lipinski definition) is 1. The van der Waals surface area contributed by atoms with Gasteiger partial charge < -0.3 is 14.6 Å². The topological polar surface area (TPSA) is 72.8 Å². The predicted octanol–water partition coefficient (Wildman–Crippen LogP) is 3.37. The minimum atomic E-state index is -0.949. The molecular formula is C24H28O5. The van der Waals surface area contributed by atoms with Crippen LogP contribution in [-0.4, -0.2) is 28.8 Å². The largest absolute Gasteiger partial charge is 0.445 e. The molecule has 5 heteroatoms. The van der Waals surface area contributed by atoms with Crippen molar-refractivity contribution in [2.45, 2.75) is 70.5 Å². The highest BCUT2D eigenvalue weighted by Crippen LogP contribution is 2.65. The van der Waals surface area contributed by atoms with Gasteiger partial charge in [-0.05, 0) is 67.2 Å². The van der Waals surface area contributed by atoms with Crippen molar-refractivity contribution >= 4 is 11.9 Å². The molecule has 4 rings (SSSR count). The van der Waals surface area contributed by atoms with Crippen LogP contribution in [0.25, 0.3) is 0 Å². The van der Waals surface area contributed by atoms with E-state index in [-0.39, 0.29) is 29.7 Å². The van der Waals surface area contributed by atoms with E-state index in [1.165, 1.54) is 13.8 Å². The lowest BCUT2D eigenvalue weighted by atomic mass is 9.52. The van der Waals surface area contributed by atoms with Crippen molar-refractivity contribution in [1.29, 1.82) is 0 Å². The summed E-state index contributed by atoms with van der Waals surface area (Å²) in [5.41, 5.74) is 0.879. The third-order valence-electron chi connectivity index (χ3n) is 7.61. The van der Waals surface area contributed by atoms with Crippen LogP contribution in [0.4, 0.5) is 0 Å². The molecular weight excluding hydrogens is 368 g/mol. The normalized spacial score (nSPS) is 37.5. The van der Waals surface area contributed by atoms with Crippen molar-refractivity contribution in [3.8, 4) is 18.1 Å². The van der Waals surface area contributed by atoms with Crippen molar-refractivity contribution in [2.24, 2.45) is 17.3 Å².